The van der Waals surface area contributed by atoms with Crippen molar-refractivity contribution in [2.75, 3.05) is 53.5 Å². The van der Waals surface area contributed by atoms with Gasteiger partial charge in [-0.1, -0.05) is 6.07 Å². The van der Waals surface area contributed by atoms with E-state index in [4.69, 9.17) is 9.47 Å². The molecule has 142 valence electrons. The van der Waals surface area contributed by atoms with Crippen LogP contribution in [0.1, 0.15) is 6.42 Å². The zero-order valence-electron chi connectivity index (χ0n) is 14.6. The monoisotopic (exact) mass is 391 g/mol. The third-order valence-corrected chi connectivity index (χ3v) is 6.70. The van der Waals surface area contributed by atoms with E-state index in [-0.39, 0.29) is 23.3 Å². The van der Waals surface area contributed by atoms with Gasteiger partial charge < -0.3 is 14.8 Å². The van der Waals surface area contributed by atoms with Crippen molar-refractivity contribution in [1.82, 2.24) is 14.5 Å². The summed E-state index contributed by atoms with van der Waals surface area (Å²) in [6.45, 7) is 4.90. The highest BCUT2D eigenvalue weighted by Gasteiger charge is 2.38. The predicted molar refractivity (Wildman–Crippen MR) is 98.4 cm³/mol. The second-order valence-electron chi connectivity index (χ2n) is 6.08. The van der Waals surface area contributed by atoms with Gasteiger partial charge in [-0.3, -0.25) is 4.90 Å². The zero-order valence-corrected chi connectivity index (χ0v) is 16.2. The lowest BCUT2D eigenvalue weighted by Crippen LogP contribution is -2.49. The van der Waals surface area contributed by atoms with E-state index in [1.807, 2.05) is 0 Å². The first-order valence-electron chi connectivity index (χ1n) is 8.24. The first-order chi connectivity index (χ1) is 11.6. The van der Waals surface area contributed by atoms with Gasteiger partial charge in [0.1, 0.15) is 11.5 Å². The van der Waals surface area contributed by atoms with Crippen LogP contribution >= 0.6 is 12.4 Å². The summed E-state index contributed by atoms with van der Waals surface area (Å²) in [5.74, 6) is 0.639. The Morgan fingerprint density at radius 1 is 1.08 bits per heavy atom. The van der Waals surface area contributed by atoms with Crippen LogP contribution in [0.4, 0.5) is 0 Å². The summed E-state index contributed by atoms with van der Waals surface area (Å²) in [7, 11) is -0.708. The van der Waals surface area contributed by atoms with Crippen molar-refractivity contribution in [2.45, 2.75) is 17.4 Å². The summed E-state index contributed by atoms with van der Waals surface area (Å²) in [6.07, 6.45) is 0.858. The van der Waals surface area contributed by atoms with Gasteiger partial charge in [0.2, 0.25) is 0 Å². The van der Waals surface area contributed by atoms with Crippen LogP contribution in [-0.4, -0.2) is 77.2 Å². The molecule has 2 heterocycles. The summed E-state index contributed by atoms with van der Waals surface area (Å²) >= 11 is 0. The molecule has 0 aromatic heterocycles. The van der Waals surface area contributed by atoms with Crippen LogP contribution in [0, 0.1) is 0 Å². The molecule has 1 unspecified atom stereocenters. The van der Waals surface area contributed by atoms with Gasteiger partial charge in [-0.05, 0) is 18.6 Å². The van der Waals surface area contributed by atoms with Crippen LogP contribution in [0.25, 0.3) is 0 Å². The highest BCUT2D eigenvalue weighted by atomic mass is 35.5. The number of piperazine rings is 1. The minimum atomic E-state index is -3.65. The molecule has 0 saturated carbocycles. The molecule has 2 fully saturated rings. The Labute approximate surface area is 155 Å². The van der Waals surface area contributed by atoms with Crippen molar-refractivity contribution >= 4 is 22.4 Å². The molecule has 0 aliphatic carbocycles. The molecule has 1 N–H and O–H groups in total. The number of methoxy groups -OCH3 is 2. The number of hydrogen-bond donors (Lipinski definition) is 1. The maximum atomic E-state index is 13.2. The Balaban J connectivity index is 0.00000225. The van der Waals surface area contributed by atoms with Crippen LogP contribution in [0.5, 0.6) is 11.5 Å². The number of benzene rings is 1. The summed E-state index contributed by atoms with van der Waals surface area (Å²) in [5.41, 5.74) is 0. The summed E-state index contributed by atoms with van der Waals surface area (Å²) < 4.78 is 38.4. The molecule has 3 rings (SSSR count). The molecule has 9 heteroatoms. The Morgan fingerprint density at radius 2 is 1.68 bits per heavy atom. The average Bonchev–Trinajstić information content (AvgIpc) is 3.12. The van der Waals surface area contributed by atoms with Gasteiger partial charge in [-0.15, -0.1) is 12.4 Å². The first-order valence-corrected chi connectivity index (χ1v) is 9.68. The van der Waals surface area contributed by atoms with Crippen molar-refractivity contribution in [3.8, 4) is 11.5 Å². The van der Waals surface area contributed by atoms with Crippen LogP contribution in [-0.2, 0) is 10.0 Å². The van der Waals surface area contributed by atoms with Crippen molar-refractivity contribution in [3.05, 3.63) is 18.2 Å². The fraction of sp³-hybridized carbons (Fsp3) is 0.625. The highest BCUT2D eigenvalue weighted by Crippen LogP contribution is 2.36. The number of hydrogen-bond acceptors (Lipinski definition) is 6. The molecular weight excluding hydrogens is 366 g/mol. The van der Waals surface area contributed by atoms with Crippen molar-refractivity contribution in [3.63, 3.8) is 0 Å². The summed E-state index contributed by atoms with van der Waals surface area (Å²) in [4.78, 5) is 2.50. The third kappa shape index (κ3) is 4.03. The number of nitrogens with one attached hydrogen (secondary N) is 1. The molecular formula is C16H26ClN3O4S. The maximum Gasteiger partial charge on any atom is 0.250 e. The number of ether oxygens (including phenoxy) is 2. The number of rotatable bonds is 5. The van der Waals surface area contributed by atoms with Crippen molar-refractivity contribution in [1.29, 1.82) is 0 Å². The quantitative estimate of drug-likeness (QED) is 0.800. The molecule has 1 atom stereocenters. The molecule has 0 spiro atoms. The van der Waals surface area contributed by atoms with Crippen LogP contribution < -0.4 is 14.8 Å². The molecule has 25 heavy (non-hydrogen) atoms. The van der Waals surface area contributed by atoms with E-state index in [0.29, 0.717) is 24.6 Å². The third-order valence-electron chi connectivity index (χ3n) is 4.77. The van der Waals surface area contributed by atoms with Crippen LogP contribution in [0.2, 0.25) is 0 Å². The minimum Gasteiger partial charge on any atom is -0.495 e. The SMILES string of the molecule is COc1cccc(OC)c1S(=O)(=O)N1CCC(N2CCNCC2)C1.Cl. The van der Waals surface area contributed by atoms with E-state index in [1.54, 1.807) is 22.5 Å². The lowest BCUT2D eigenvalue weighted by molar-refractivity contribution is 0.179. The van der Waals surface area contributed by atoms with E-state index in [0.717, 1.165) is 32.6 Å². The van der Waals surface area contributed by atoms with E-state index in [2.05, 4.69) is 10.2 Å². The second-order valence-corrected chi connectivity index (χ2v) is 7.96. The molecule has 1 aromatic rings. The number of sulfonamides is 1. The molecule has 0 bridgehead atoms. The van der Waals surface area contributed by atoms with Gasteiger partial charge in [0.15, 0.2) is 4.90 Å². The van der Waals surface area contributed by atoms with Gasteiger partial charge in [0.25, 0.3) is 10.0 Å². The molecule has 1 aromatic carbocycles. The van der Waals surface area contributed by atoms with Gasteiger partial charge >= 0.3 is 0 Å². The van der Waals surface area contributed by atoms with Gasteiger partial charge in [0, 0.05) is 45.3 Å². The van der Waals surface area contributed by atoms with Gasteiger partial charge in [-0.2, -0.15) is 4.31 Å². The van der Waals surface area contributed by atoms with Crippen LogP contribution in [0.15, 0.2) is 23.1 Å². The lowest BCUT2D eigenvalue weighted by atomic mass is 10.2. The Morgan fingerprint density at radius 3 is 2.24 bits per heavy atom. The fourth-order valence-electron chi connectivity index (χ4n) is 3.47. The fourth-order valence-corrected chi connectivity index (χ4v) is 5.26. The van der Waals surface area contributed by atoms with E-state index < -0.39 is 10.0 Å². The molecule has 0 radical (unpaired) electrons. The highest BCUT2D eigenvalue weighted by molar-refractivity contribution is 7.89. The normalized spacial score (nSPS) is 22.4. The smallest absolute Gasteiger partial charge is 0.250 e. The first kappa shape index (κ1) is 20.3. The second kappa shape index (κ2) is 8.55. The average molecular weight is 392 g/mol. The van der Waals surface area contributed by atoms with Crippen molar-refractivity contribution in [2.24, 2.45) is 0 Å². The topological polar surface area (TPSA) is 71.1 Å². The lowest BCUT2D eigenvalue weighted by Gasteiger charge is -2.32. The zero-order chi connectivity index (χ0) is 17.2. The standard InChI is InChI=1S/C16H25N3O4S.ClH/c1-22-14-4-3-5-15(23-2)16(14)24(20,21)19-9-6-13(12-19)18-10-7-17-8-11-18;/h3-5,13,17H,6-12H2,1-2H3;1H. The van der Waals surface area contributed by atoms with E-state index in [1.165, 1.54) is 14.2 Å². The molecule has 0 amide bonds. The Bertz CT molecular complexity index is 658. The maximum absolute atomic E-state index is 13.2. The van der Waals surface area contributed by atoms with Crippen molar-refractivity contribution < 1.29 is 17.9 Å². The van der Waals surface area contributed by atoms with Gasteiger partial charge in [0.05, 0.1) is 14.2 Å². The number of nitrogens with zero attached hydrogens (tertiary/aromatic N) is 2. The summed E-state index contributed by atoms with van der Waals surface area (Å²) in [5, 5.41) is 3.33. The van der Waals surface area contributed by atoms with Crippen LogP contribution in [0.3, 0.4) is 0 Å². The van der Waals surface area contributed by atoms with E-state index in [9.17, 15) is 8.42 Å². The number of halogens is 1. The molecule has 2 saturated heterocycles. The Kier molecular flexibility index (Phi) is 6.93. The van der Waals surface area contributed by atoms with E-state index >= 15 is 0 Å². The largest absolute Gasteiger partial charge is 0.495 e. The molecule has 7 nitrogen and oxygen atoms in total. The predicted octanol–water partition coefficient (Wildman–Crippen LogP) is 0.794. The minimum absolute atomic E-state index is 0. The molecule has 2 aliphatic rings. The Hall–Kier alpha value is -1.06. The van der Waals surface area contributed by atoms with Gasteiger partial charge in [-0.25, -0.2) is 8.42 Å². The summed E-state index contributed by atoms with van der Waals surface area (Å²) in [6, 6.07) is 5.31. The molecule has 2 aliphatic heterocycles.